The number of carbonyl (C=O) groups is 1. The zero-order valence-electron chi connectivity index (χ0n) is 10.1. The third kappa shape index (κ3) is 3.01. The number of nitrogens with zero attached hydrogens (tertiary/aromatic N) is 1. The Labute approximate surface area is 114 Å². The number of benzene rings is 2. The molecule has 0 saturated carbocycles. The van der Waals surface area contributed by atoms with Crippen molar-refractivity contribution in [3.05, 3.63) is 40.9 Å². The molecule has 94 valence electrons. The highest BCUT2D eigenvalue weighted by Crippen LogP contribution is 2.24. The molecular weight excluding hydrogens is 294 g/mol. The molecule has 0 aliphatic carbocycles. The van der Waals surface area contributed by atoms with Gasteiger partial charge in [0.15, 0.2) is 0 Å². The van der Waals surface area contributed by atoms with Gasteiger partial charge in [0, 0.05) is 23.8 Å². The van der Waals surface area contributed by atoms with Gasteiger partial charge in [0.1, 0.15) is 0 Å². The molecule has 1 N–H and O–H groups in total. The summed E-state index contributed by atoms with van der Waals surface area (Å²) in [6.07, 6.45) is 0.148. The minimum Gasteiger partial charge on any atom is -0.481 e. The number of fused-ring (bicyclic) bond motifs is 1. The van der Waals surface area contributed by atoms with Crippen molar-refractivity contribution >= 4 is 38.4 Å². The average molecular weight is 308 g/mol. The molecule has 2 rings (SSSR count). The number of anilines is 1. The van der Waals surface area contributed by atoms with E-state index in [1.165, 1.54) is 5.39 Å². The Kier molecular flexibility index (Phi) is 3.87. The van der Waals surface area contributed by atoms with Crippen molar-refractivity contribution in [2.45, 2.75) is 6.42 Å². The molecule has 0 heterocycles. The minimum absolute atomic E-state index is 0.148. The summed E-state index contributed by atoms with van der Waals surface area (Å²) in [5, 5.41) is 11.0. The molecule has 0 atom stereocenters. The van der Waals surface area contributed by atoms with Crippen LogP contribution in [0.3, 0.4) is 0 Å². The van der Waals surface area contributed by atoms with Crippen molar-refractivity contribution in [3.63, 3.8) is 0 Å². The number of halogens is 1. The lowest BCUT2D eigenvalue weighted by atomic mass is 10.1. The number of rotatable bonds is 4. The number of carboxylic acids is 1. The van der Waals surface area contributed by atoms with E-state index in [1.807, 2.05) is 36.2 Å². The maximum absolute atomic E-state index is 10.6. The Hall–Kier alpha value is -1.55. The van der Waals surface area contributed by atoms with Gasteiger partial charge in [-0.1, -0.05) is 28.1 Å². The van der Waals surface area contributed by atoms with E-state index < -0.39 is 5.97 Å². The Morgan fingerprint density at radius 3 is 2.61 bits per heavy atom. The first kappa shape index (κ1) is 12.9. The fourth-order valence-corrected chi connectivity index (χ4v) is 2.21. The number of hydrogen-bond acceptors (Lipinski definition) is 2. The van der Waals surface area contributed by atoms with E-state index in [1.54, 1.807) is 0 Å². The maximum Gasteiger partial charge on any atom is 0.305 e. The first-order valence-electron chi connectivity index (χ1n) is 5.68. The van der Waals surface area contributed by atoms with E-state index in [2.05, 4.69) is 28.1 Å². The summed E-state index contributed by atoms with van der Waals surface area (Å²) < 4.78 is 1.06. The van der Waals surface area contributed by atoms with Gasteiger partial charge in [-0.25, -0.2) is 0 Å². The molecule has 0 aliphatic heterocycles. The summed E-state index contributed by atoms with van der Waals surface area (Å²) in [4.78, 5) is 12.5. The summed E-state index contributed by atoms with van der Waals surface area (Å²) in [5.41, 5.74) is 1.03. The van der Waals surface area contributed by atoms with Gasteiger partial charge >= 0.3 is 5.97 Å². The summed E-state index contributed by atoms with van der Waals surface area (Å²) in [6.45, 7) is 0.511. The summed E-state index contributed by atoms with van der Waals surface area (Å²) in [7, 11) is 1.91. The van der Waals surface area contributed by atoms with E-state index >= 15 is 0 Å². The van der Waals surface area contributed by atoms with Crippen LogP contribution < -0.4 is 4.90 Å². The maximum atomic E-state index is 10.6. The van der Waals surface area contributed by atoms with Gasteiger partial charge in [-0.2, -0.15) is 0 Å². The number of hydrogen-bond donors (Lipinski definition) is 1. The number of aliphatic carboxylic acids is 1. The van der Waals surface area contributed by atoms with E-state index in [0.717, 1.165) is 15.5 Å². The van der Waals surface area contributed by atoms with Crippen LogP contribution >= 0.6 is 15.9 Å². The standard InChI is InChI=1S/C14H14BrNO2/c1-16(7-6-14(17)18)13-5-3-10-8-12(15)4-2-11(10)9-13/h2-5,8-9H,6-7H2,1H3,(H,17,18). The normalized spacial score (nSPS) is 10.6. The van der Waals surface area contributed by atoms with Crippen LogP contribution in [-0.2, 0) is 4.79 Å². The highest BCUT2D eigenvalue weighted by Gasteiger charge is 2.05. The fraction of sp³-hybridized carbons (Fsp3) is 0.214. The van der Waals surface area contributed by atoms with E-state index in [4.69, 9.17) is 5.11 Å². The highest BCUT2D eigenvalue weighted by molar-refractivity contribution is 9.10. The molecule has 0 spiro atoms. The van der Waals surface area contributed by atoms with Gasteiger partial charge < -0.3 is 10.0 Å². The lowest BCUT2D eigenvalue weighted by Crippen LogP contribution is -2.20. The van der Waals surface area contributed by atoms with Gasteiger partial charge in [0.25, 0.3) is 0 Å². The van der Waals surface area contributed by atoms with Crippen molar-refractivity contribution in [1.29, 1.82) is 0 Å². The Balaban J connectivity index is 2.24. The van der Waals surface area contributed by atoms with Gasteiger partial charge in [-0.15, -0.1) is 0 Å². The van der Waals surface area contributed by atoms with Crippen LogP contribution in [0.2, 0.25) is 0 Å². The molecular formula is C14H14BrNO2. The molecule has 0 amide bonds. The molecule has 2 aromatic rings. The molecule has 3 nitrogen and oxygen atoms in total. The second-order valence-corrected chi connectivity index (χ2v) is 5.16. The van der Waals surface area contributed by atoms with Gasteiger partial charge in [-0.05, 0) is 35.0 Å². The van der Waals surface area contributed by atoms with E-state index in [9.17, 15) is 4.79 Å². The van der Waals surface area contributed by atoms with E-state index in [-0.39, 0.29) is 6.42 Å². The Morgan fingerprint density at radius 1 is 1.22 bits per heavy atom. The monoisotopic (exact) mass is 307 g/mol. The van der Waals surface area contributed by atoms with Crippen molar-refractivity contribution in [3.8, 4) is 0 Å². The smallest absolute Gasteiger partial charge is 0.305 e. The zero-order valence-corrected chi connectivity index (χ0v) is 11.6. The predicted octanol–water partition coefficient (Wildman–Crippen LogP) is 3.51. The van der Waals surface area contributed by atoms with Crippen LogP contribution in [0.25, 0.3) is 10.8 Å². The highest BCUT2D eigenvalue weighted by atomic mass is 79.9. The molecule has 0 unspecified atom stereocenters. The summed E-state index contributed by atoms with van der Waals surface area (Å²) in [6, 6.07) is 12.3. The van der Waals surface area contributed by atoms with Crippen LogP contribution in [0.5, 0.6) is 0 Å². The second kappa shape index (κ2) is 5.40. The zero-order chi connectivity index (χ0) is 13.1. The minimum atomic E-state index is -0.772. The average Bonchev–Trinajstić information content (AvgIpc) is 2.35. The summed E-state index contributed by atoms with van der Waals surface area (Å²) in [5.74, 6) is -0.772. The largest absolute Gasteiger partial charge is 0.481 e. The van der Waals surface area contributed by atoms with E-state index in [0.29, 0.717) is 6.54 Å². The quantitative estimate of drug-likeness (QED) is 0.939. The molecule has 0 bridgehead atoms. The van der Waals surface area contributed by atoms with Gasteiger partial charge in [0.05, 0.1) is 6.42 Å². The number of carboxylic acid groups (broad SMARTS) is 1. The first-order valence-corrected chi connectivity index (χ1v) is 6.48. The Morgan fingerprint density at radius 2 is 1.89 bits per heavy atom. The van der Waals surface area contributed by atoms with Gasteiger partial charge in [0.2, 0.25) is 0 Å². The first-order chi connectivity index (χ1) is 8.56. The molecule has 2 aromatic carbocycles. The van der Waals surface area contributed by atoms with Crippen LogP contribution in [-0.4, -0.2) is 24.7 Å². The molecule has 4 heteroatoms. The topological polar surface area (TPSA) is 40.5 Å². The third-order valence-electron chi connectivity index (χ3n) is 2.89. The summed E-state index contributed by atoms with van der Waals surface area (Å²) >= 11 is 3.44. The van der Waals surface area contributed by atoms with Gasteiger partial charge in [-0.3, -0.25) is 4.79 Å². The van der Waals surface area contributed by atoms with Crippen molar-refractivity contribution in [2.75, 3.05) is 18.5 Å². The van der Waals surface area contributed by atoms with Crippen LogP contribution in [0.1, 0.15) is 6.42 Å². The molecule has 0 aromatic heterocycles. The van der Waals surface area contributed by atoms with Crippen LogP contribution in [0.4, 0.5) is 5.69 Å². The fourth-order valence-electron chi connectivity index (χ4n) is 1.83. The Bertz CT molecular complexity index is 583. The molecule has 0 saturated heterocycles. The van der Waals surface area contributed by atoms with Crippen LogP contribution in [0.15, 0.2) is 40.9 Å². The second-order valence-electron chi connectivity index (χ2n) is 4.24. The lowest BCUT2D eigenvalue weighted by molar-refractivity contribution is -0.136. The predicted molar refractivity (Wildman–Crippen MR) is 77.2 cm³/mol. The van der Waals surface area contributed by atoms with Crippen molar-refractivity contribution < 1.29 is 9.90 Å². The SMILES string of the molecule is CN(CCC(=O)O)c1ccc2cc(Br)ccc2c1. The van der Waals surface area contributed by atoms with Crippen molar-refractivity contribution in [2.24, 2.45) is 0 Å². The molecule has 0 radical (unpaired) electrons. The van der Waals surface area contributed by atoms with Crippen molar-refractivity contribution in [1.82, 2.24) is 0 Å². The molecule has 0 aliphatic rings. The molecule has 0 fully saturated rings. The van der Waals surface area contributed by atoms with Crippen LogP contribution in [0, 0.1) is 0 Å². The molecule has 18 heavy (non-hydrogen) atoms. The third-order valence-corrected chi connectivity index (χ3v) is 3.38. The lowest BCUT2D eigenvalue weighted by Gasteiger charge is -2.18.